The van der Waals surface area contributed by atoms with Gasteiger partial charge < -0.3 is 14.4 Å². The molecule has 4 heterocycles. The summed E-state index contributed by atoms with van der Waals surface area (Å²) in [5, 5.41) is 5.09. The van der Waals surface area contributed by atoms with Crippen molar-refractivity contribution in [3.63, 3.8) is 0 Å². The Kier molecular flexibility index (Phi) is 4.56. The summed E-state index contributed by atoms with van der Waals surface area (Å²) in [4.78, 5) is 26.8. The first kappa shape index (κ1) is 17.6. The van der Waals surface area contributed by atoms with Crippen LogP contribution in [0.25, 0.3) is 11.0 Å². The number of carbonyl (C=O) groups is 1. The topological polar surface area (TPSA) is 87.9 Å². The highest BCUT2D eigenvalue weighted by atomic mass is 16.5. The number of benzene rings is 1. The van der Waals surface area contributed by atoms with E-state index in [0.717, 1.165) is 47.6 Å². The summed E-state index contributed by atoms with van der Waals surface area (Å²) in [5.41, 5.74) is 3.41. The second-order valence-electron chi connectivity index (χ2n) is 7.30. The molecule has 0 spiro atoms. The summed E-state index contributed by atoms with van der Waals surface area (Å²) in [6.45, 7) is 1.33. The van der Waals surface area contributed by atoms with Gasteiger partial charge in [-0.15, -0.1) is 0 Å². The van der Waals surface area contributed by atoms with Crippen LogP contribution < -0.4 is 4.90 Å². The first-order valence-corrected chi connectivity index (χ1v) is 9.87. The van der Waals surface area contributed by atoms with Crippen molar-refractivity contribution in [3.8, 4) is 0 Å². The van der Waals surface area contributed by atoms with Crippen LogP contribution in [0.15, 0.2) is 53.4 Å². The van der Waals surface area contributed by atoms with Crippen molar-refractivity contribution < 1.29 is 9.32 Å². The molecule has 146 valence electrons. The number of nitrogens with zero attached hydrogens (tertiary/aromatic N) is 4. The monoisotopic (exact) mass is 387 g/mol. The summed E-state index contributed by atoms with van der Waals surface area (Å²) in [5.74, 6) is 1.72. The van der Waals surface area contributed by atoms with Crippen LogP contribution in [0, 0.1) is 0 Å². The van der Waals surface area contributed by atoms with Gasteiger partial charge in [-0.05, 0) is 24.5 Å². The molecule has 1 aliphatic rings. The number of H-pyrrole nitrogens is 1. The molecule has 29 heavy (non-hydrogen) atoms. The lowest BCUT2D eigenvalue weighted by atomic mass is 10.00. The SMILES string of the molecule is O=C(CCCc1ccccc1)c1noc2c1CN(c1ncnc3[nH]ccc13)CC2. The molecule has 0 saturated carbocycles. The Morgan fingerprint density at radius 1 is 1.17 bits per heavy atom. The van der Waals surface area contributed by atoms with Gasteiger partial charge in [0.1, 0.15) is 23.6 Å². The van der Waals surface area contributed by atoms with Gasteiger partial charge in [-0.1, -0.05) is 35.5 Å². The summed E-state index contributed by atoms with van der Waals surface area (Å²) in [7, 11) is 0. The Morgan fingerprint density at radius 3 is 2.97 bits per heavy atom. The van der Waals surface area contributed by atoms with E-state index in [1.165, 1.54) is 5.56 Å². The zero-order chi connectivity index (χ0) is 19.6. The molecule has 0 saturated heterocycles. The Morgan fingerprint density at radius 2 is 2.07 bits per heavy atom. The smallest absolute Gasteiger partial charge is 0.185 e. The van der Waals surface area contributed by atoms with E-state index in [1.807, 2.05) is 30.5 Å². The van der Waals surface area contributed by atoms with E-state index in [0.29, 0.717) is 25.1 Å². The molecular formula is C22H21N5O2. The number of hydrogen-bond acceptors (Lipinski definition) is 6. The Bertz CT molecular complexity index is 1150. The molecule has 3 aromatic heterocycles. The molecular weight excluding hydrogens is 366 g/mol. The number of aryl methyl sites for hydroxylation is 1. The second-order valence-corrected chi connectivity index (χ2v) is 7.30. The van der Waals surface area contributed by atoms with Crippen LogP contribution in [0.2, 0.25) is 0 Å². The van der Waals surface area contributed by atoms with Gasteiger partial charge in [0.15, 0.2) is 11.5 Å². The molecule has 0 radical (unpaired) electrons. The molecule has 0 aliphatic carbocycles. The van der Waals surface area contributed by atoms with E-state index in [9.17, 15) is 4.79 Å². The number of rotatable bonds is 6. The predicted molar refractivity (Wildman–Crippen MR) is 109 cm³/mol. The van der Waals surface area contributed by atoms with Crippen molar-refractivity contribution in [3.05, 3.63) is 71.5 Å². The molecule has 0 atom stereocenters. The predicted octanol–water partition coefficient (Wildman–Crippen LogP) is 3.71. The first-order valence-electron chi connectivity index (χ1n) is 9.87. The number of fused-ring (bicyclic) bond motifs is 2. The molecule has 0 unspecified atom stereocenters. The van der Waals surface area contributed by atoms with Crippen LogP contribution in [0.1, 0.15) is 40.2 Å². The van der Waals surface area contributed by atoms with Gasteiger partial charge in [-0.3, -0.25) is 4.79 Å². The van der Waals surface area contributed by atoms with E-state index in [4.69, 9.17) is 4.52 Å². The first-order chi connectivity index (χ1) is 14.3. The zero-order valence-electron chi connectivity index (χ0n) is 16.0. The van der Waals surface area contributed by atoms with Crippen LogP contribution in [0.4, 0.5) is 5.82 Å². The maximum Gasteiger partial charge on any atom is 0.185 e. The van der Waals surface area contributed by atoms with Gasteiger partial charge >= 0.3 is 0 Å². The Balaban J connectivity index is 1.32. The second kappa shape index (κ2) is 7.50. The van der Waals surface area contributed by atoms with Gasteiger partial charge in [0.25, 0.3) is 0 Å². The fraction of sp³-hybridized carbons (Fsp3) is 0.273. The highest BCUT2D eigenvalue weighted by Gasteiger charge is 2.28. The molecule has 5 rings (SSSR count). The standard InChI is InChI=1S/C22H21N5O2/c28-18(8-4-7-15-5-2-1-3-6-15)20-17-13-27(12-10-19(17)29-26-20)22-16-9-11-23-21(16)24-14-25-22/h1-3,5-6,9,11,14H,4,7-8,10,12-13H2,(H,23,24,25). The summed E-state index contributed by atoms with van der Waals surface area (Å²) < 4.78 is 5.49. The number of carbonyl (C=O) groups excluding carboxylic acids is 1. The van der Waals surface area contributed by atoms with Crippen LogP contribution in [0.3, 0.4) is 0 Å². The highest BCUT2D eigenvalue weighted by Crippen LogP contribution is 2.30. The van der Waals surface area contributed by atoms with E-state index >= 15 is 0 Å². The quantitative estimate of drug-likeness (QED) is 0.508. The average Bonchev–Trinajstić information content (AvgIpc) is 3.40. The van der Waals surface area contributed by atoms with Crippen molar-refractivity contribution in [2.45, 2.75) is 32.2 Å². The number of ketones is 1. The van der Waals surface area contributed by atoms with Gasteiger partial charge in [0, 0.05) is 31.1 Å². The Hall–Kier alpha value is -3.48. The van der Waals surface area contributed by atoms with Crippen LogP contribution >= 0.6 is 0 Å². The number of Topliss-reactive ketones (excluding diaryl/α,β-unsaturated/α-hetero) is 1. The zero-order valence-corrected chi connectivity index (χ0v) is 16.0. The minimum atomic E-state index is 0.0438. The molecule has 4 aromatic rings. The number of anilines is 1. The van der Waals surface area contributed by atoms with Crippen molar-refractivity contribution in [2.24, 2.45) is 0 Å². The normalized spacial score (nSPS) is 13.6. The van der Waals surface area contributed by atoms with E-state index < -0.39 is 0 Å². The lowest BCUT2D eigenvalue weighted by Crippen LogP contribution is -2.31. The minimum absolute atomic E-state index is 0.0438. The maximum atomic E-state index is 12.8. The van der Waals surface area contributed by atoms with E-state index in [2.05, 4.69) is 37.1 Å². The van der Waals surface area contributed by atoms with Crippen LogP contribution in [-0.2, 0) is 19.4 Å². The third kappa shape index (κ3) is 3.40. The molecule has 7 nitrogen and oxygen atoms in total. The fourth-order valence-corrected chi connectivity index (χ4v) is 3.94. The van der Waals surface area contributed by atoms with E-state index in [1.54, 1.807) is 6.33 Å². The van der Waals surface area contributed by atoms with Gasteiger partial charge in [0.2, 0.25) is 0 Å². The summed E-state index contributed by atoms with van der Waals surface area (Å²) in [6, 6.07) is 12.2. The van der Waals surface area contributed by atoms with Crippen molar-refractivity contribution in [1.29, 1.82) is 0 Å². The van der Waals surface area contributed by atoms with Gasteiger partial charge in [0.05, 0.1) is 11.9 Å². The van der Waals surface area contributed by atoms with Gasteiger partial charge in [-0.2, -0.15) is 0 Å². The number of hydrogen-bond donors (Lipinski definition) is 1. The maximum absolute atomic E-state index is 12.8. The largest absolute Gasteiger partial charge is 0.360 e. The number of aromatic amines is 1. The van der Waals surface area contributed by atoms with Crippen molar-refractivity contribution in [2.75, 3.05) is 11.4 Å². The Labute approximate surface area is 167 Å². The van der Waals surface area contributed by atoms with Crippen LogP contribution in [-0.4, -0.2) is 32.4 Å². The molecule has 0 amide bonds. The fourth-order valence-electron chi connectivity index (χ4n) is 3.94. The molecule has 7 heteroatoms. The van der Waals surface area contributed by atoms with Crippen molar-refractivity contribution >= 4 is 22.6 Å². The van der Waals surface area contributed by atoms with Crippen LogP contribution in [0.5, 0.6) is 0 Å². The van der Waals surface area contributed by atoms with E-state index in [-0.39, 0.29) is 5.78 Å². The average molecular weight is 387 g/mol. The lowest BCUT2D eigenvalue weighted by molar-refractivity contribution is 0.0970. The highest BCUT2D eigenvalue weighted by molar-refractivity contribution is 5.96. The van der Waals surface area contributed by atoms with Gasteiger partial charge in [-0.25, -0.2) is 9.97 Å². The molecule has 1 N–H and O–H groups in total. The minimum Gasteiger partial charge on any atom is -0.360 e. The van der Waals surface area contributed by atoms with Crippen molar-refractivity contribution in [1.82, 2.24) is 20.1 Å². The molecule has 0 fully saturated rings. The lowest BCUT2D eigenvalue weighted by Gasteiger charge is -2.27. The summed E-state index contributed by atoms with van der Waals surface area (Å²) >= 11 is 0. The molecule has 1 aliphatic heterocycles. The number of nitrogens with one attached hydrogen (secondary N) is 1. The molecule has 0 bridgehead atoms. The summed E-state index contributed by atoms with van der Waals surface area (Å²) in [6.07, 6.45) is 6.26. The third-order valence-electron chi connectivity index (χ3n) is 5.44. The third-order valence-corrected chi connectivity index (χ3v) is 5.44. The number of aromatic nitrogens is 4. The molecule has 1 aromatic carbocycles.